The van der Waals surface area contributed by atoms with E-state index in [1.165, 1.54) is 12.1 Å². The summed E-state index contributed by atoms with van der Waals surface area (Å²) in [5.74, 6) is -2.57. The number of rotatable bonds is 5. The van der Waals surface area contributed by atoms with Crippen molar-refractivity contribution in [2.75, 3.05) is 13.3 Å². The Kier molecular flexibility index (Phi) is 4.63. The maximum Gasteiger partial charge on any atom is 0.201 e. The Morgan fingerprint density at radius 1 is 0.950 bits per heavy atom. The van der Waals surface area contributed by atoms with Crippen LogP contribution in [0.3, 0.4) is 0 Å². The van der Waals surface area contributed by atoms with Crippen molar-refractivity contribution in [3.63, 3.8) is 0 Å². The minimum atomic E-state index is -1.16. The van der Waals surface area contributed by atoms with E-state index in [2.05, 4.69) is 0 Å². The summed E-state index contributed by atoms with van der Waals surface area (Å²) in [5.41, 5.74) is 0.923. The first kappa shape index (κ1) is 14.4. The summed E-state index contributed by atoms with van der Waals surface area (Å²) in [7, 11) is 0. The normalized spacial score (nSPS) is 10.6. The zero-order valence-corrected chi connectivity index (χ0v) is 10.6. The molecule has 0 saturated carbocycles. The van der Waals surface area contributed by atoms with Crippen molar-refractivity contribution in [1.82, 2.24) is 0 Å². The molecule has 2 rings (SSSR count). The van der Waals surface area contributed by atoms with Crippen LogP contribution in [-0.2, 0) is 6.61 Å². The average Bonchev–Trinajstić information content (AvgIpc) is 2.49. The van der Waals surface area contributed by atoms with Crippen molar-refractivity contribution in [3.05, 3.63) is 53.6 Å². The molecule has 0 atom stereocenters. The summed E-state index contributed by atoms with van der Waals surface area (Å²) in [4.78, 5) is 0. The fourth-order valence-corrected chi connectivity index (χ4v) is 1.92. The molecule has 0 bridgehead atoms. The maximum absolute atomic E-state index is 14.1. The molecule has 5 heteroatoms. The van der Waals surface area contributed by atoms with Gasteiger partial charge in [-0.25, -0.2) is 8.78 Å². The number of aliphatic hydroxyl groups excluding tert-OH is 1. The van der Waals surface area contributed by atoms with Crippen LogP contribution in [0.15, 0.2) is 36.4 Å². The minimum Gasteiger partial charge on any atom is -0.488 e. The van der Waals surface area contributed by atoms with Crippen molar-refractivity contribution in [1.29, 1.82) is 0 Å². The number of benzene rings is 2. The summed E-state index contributed by atoms with van der Waals surface area (Å²) < 4.78 is 44.6. The number of hydrogen-bond donors (Lipinski definition) is 1. The molecule has 0 aliphatic carbocycles. The molecule has 0 radical (unpaired) electrons. The molecule has 0 spiro atoms. The Hall–Kier alpha value is -2.01. The number of alkyl halides is 1. The van der Waals surface area contributed by atoms with Gasteiger partial charge in [0.1, 0.15) is 13.3 Å². The molecule has 20 heavy (non-hydrogen) atoms. The topological polar surface area (TPSA) is 29.5 Å². The number of ether oxygens (including phenoxy) is 1. The van der Waals surface area contributed by atoms with Crippen LogP contribution < -0.4 is 4.74 Å². The first-order chi connectivity index (χ1) is 9.69. The zero-order chi connectivity index (χ0) is 14.5. The highest BCUT2D eigenvalue weighted by Crippen LogP contribution is 2.31. The van der Waals surface area contributed by atoms with Crippen molar-refractivity contribution >= 4 is 0 Å². The summed E-state index contributed by atoms with van der Waals surface area (Å²) in [6.07, 6.45) is 0. The highest BCUT2D eigenvalue weighted by atomic mass is 19.2. The van der Waals surface area contributed by atoms with Crippen LogP contribution in [0.4, 0.5) is 13.2 Å². The smallest absolute Gasteiger partial charge is 0.201 e. The molecule has 2 nitrogen and oxygen atoms in total. The first-order valence-electron chi connectivity index (χ1n) is 6.05. The van der Waals surface area contributed by atoms with Gasteiger partial charge in [-0.3, -0.25) is 0 Å². The third-order valence-corrected chi connectivity index (χ3v) is 2.86. The minimum absolute atomic E-state index is 0.0275. The van der Waals surface area contributed by atoms with Crippen LogP contribution in [0.2, 0.25) is 0 Å². The Bertz CT molecular complexity index is 600. The highest BCUT2D eigenvalue weighted by Gasteiger charge is 2.17. The fraction of sp³-hybridized carbons (Fsp3) is 0.200. The molecule has 0 aliphatic rings. The summed E-state index contributed by atoms with van der Waals surface area (Å²) in [5, 5.41) is 9.23. The molecule has 0 aliphatic heterocycles. The lowest BCUT2D eigenvalue weighted by molar-refractivity contribution is 0.259. The number of aliphatic hydroxyl groups is 1. The van der Waals surface area contributed by atoms with E-state index in [9.17, 15) is 18.3 Å². The van der Waals surface area contributed by atoms with E-state index < -0.39 is 18.3 Å². The molecule has 0 aromatic heterocycles. The van der Waals surface area contributed by atoms with Crippen molar-refractivity contribution in [2.24, 2.45) is 0 Å². The highest BCUT2D eigenvalue weighted by molar-refractivity contribution is 5.68. The Morgan fingerprint density at radius 3 is 2.40 bits per heavy atom. The van der Waals surface area contributed by atoms with Crippen molar-refractivity contribution in [3.8, 4) is 16.9 Å². The van der Waals surface area contributed by atoms with E-state index in [-0.39, 0.29) is 24.5 Å². The molecule has 2 aromatic carbocycles. The number of hydrogen-bond acceptors (Lipinski definition) is 2. The van der Waals surface area contributed by atoms with Gasteiger partial charge in [-0.1, -0.05) is 24.3 Å². The molecule has 0 unspecified atom stereocenters. The molecule has 1 N–H and O–H groups in total. The van der Waals surface area contributed by atoms with Crippen molar-refractivity contribution in [2.45, 2.75) is 6.61 Å². The molecule has 0 saturated heterocycles. The molecular formula is C15H13F3O2. The van der Waals surface area contributed by atoms with Gasteiger partial charge in [-0.2, -0.15) is 4.39 Å². The Morgan fingerprint density at radius 2 is 1.70 bits per heavy atom. The third kappa shape index (κ3) is 2.77. The van der Waals surface area contributed by atoms with E-state index in [4.69, 9.17) is 4.74 Å². The first-order valence-corrected chi connectivity index (χ1v) is 6.05. The van der Waals surface area contributed by atoms with Gasteiger partial charge in [0.15, 0.2) is 11.6 Å². The lowest BCUT2D eigenvalue weighted by atomic mass is 9.99. The van der Waals surface area contributed by atoms with Crippen LogP contribution in [0.1, 0.15) is 5.56 Å². The van der Waals surface area contributed by atoms with Crippen LogP contribution in [0.25, 0.3) is 11.1 Å². The monoisotopic (exact) mass is 282 g/mol. The third-order valence-electron chi connectivity index (χ3n) is 2.86. The van der Waals surface area contributed by atoms with Crippen LogP contribution in [0.5, 0.6) is 5.75 Å². The van der Waals surface area contributed by atoms with Crippen molar-refractivity contribution < 1.29 is 23.0 Å². The van der Waals surface area contributed by atoms with Gasteiger partial charge < -0.3 is 9.84 Å². The standard InChI is InChI=1S/C15H13F3O2/c16-7-8-20-13-6-5-12(14(17)15(13)18)11-4-2-1-3-10(11)9-19/h1-6,19H,7-9H2. The lowest BCUT2D eigenvalue weighted by Gasteiger charge is -2.11. The molecular weight excluding hydrogens is 269 g/mol. The molecule has 0 amide bonds. The van der Waals surface area contributed by atoms with E-state index in [1.807, 2.05) is 0 Å². The van der Waals surface area contributed by atoms with Crippen LogP contribution in [0, 0.1) is 11.6 Å². The maximum atomic E-state index is 14.1. The quantitative estimate of drug-likeness (QED) is 0.910. The van der Waals surface area contributed by atoms with Gasteiger partial charge in [-0.15, -0.1) is 0 Å². The Labute approximate surface area is 114 Å². The van der Waals surface area contributed by atoms with Crippen LogP contribution in [-0.4, -0.2) is 18.4 Å². The fourth-order valence-electron chi connectivity index (χ4n) is 1.92. The second kappa shape index (κ2) is 6.43. The van der Waals surface area contributed by atoms with E-state index in [0.29, 0.717) is 11.1 Å². The summed E-state index contributed by atoms with van der Waals surface area (Å²) in [6.45, 7) is -1.39. The Balaban J connectivity index is 2.46. The molecule has 0 heterocycles. The van der Waals surface area contributed by atoms with Gasteiger partial charge in [-0.05, 0) is 23.3 Å². The van der Waals surface area contributed by atoms with Gasteiger partial charge in [0.2, 0.25) is 5.82 Å². The number of halogens is 3. The second-order valence-corrected chi connectivity index (χ2v) is 4.09. The zero-order valence-electron chi connectivity index (χ0n) is 10.6. The predicted octanol–water partition coefficient (Wildman–Crippen LogP) is 3.47. The van der Waals surface area contributed by atoms with E-state index in [0.717, 1.165) is 0 Å². The lowest BCUT2D eigenvalue weighted by Crippen LogP contribution is -2.03. The SMILES string of the molecule is OCc1ccccc1-c1ccc(OCCF)c(F)c1F. The largest absolute Gasteiger partial charge is 0.488 e. The van der Waals surface area contributed by atoms with Gasteiger partial charge in [0.05, 0.1) is 6.61 Å². The summed E-state index contributed by atoms with van der Waals surface area (Å²) >= 11 is 0. The van der Waals surface area contributed by atoms with Gasteiger partial charge in [0, 0.05) is 5.56 Å². The summed E-state index contributed by atoms with van der Waals surface area (Å²) in [6, 6.07) is 9.17. The molecule has 2 aromatic rings. The van der Waals surface area contributed by atoms with E-state index >= 15 is 0 Å². The molecule has 0 fully saturated rings. The van der Waals surface area contributed by atoms with Gasteiger partial charge >= 0.3 is 0 Å². The van der Waals surface area contributed by atoms with Crippen LogP contribution >= 0.6 is 0 Å². The second-order valence-electron chi connectivity index (χ2n) is 4.09. The average molecular weight is 282 g/mol. The molecule has 106 valence electrons. The van der Waals surface area contributed by atoms with Gasteiger partial charge in [0.25, 0.3) is 0 Å². The van der Waals surface area contributed by atoms with E-state index in [1.54, 1.807) is 24.3 Å². The predicted molar refractivity (Wildman–Crippen MR) is 69.2 cm³/mol.